The second-order valence-corrected chi connectivity index (χ2v) is 6.69. The number of halogens is 1. The van der Waals surface area contributed by atoms with Crippen molar-refractivity contribution in [2.24, 2.45) is 0 Å². The third-order valence-electron chi connectivity index (χ3n) is 5.22. The Balaban J connectivity index is 1.94. The Labute approximate surface area is 143 Å². The van der Waals surface area contributed by atoms with Crippen LogP contribution in [0.15, 0.2) is 60.7 Å². The van der Waals surface area contributed by atoms with Gasteiger partial charge < -0.3 is 0 Å². The van der Waals surface area contributed by atoms with Crippen LogP contribution < -0.4 is 0 Å². The van der Waals surface area contributed by atoms with Gasteiger partial charge in [-0.05, 0) is 33.9 Å². The van der Waals surface area contributed by atoms with Gasteiger partial charge in [-0.3, -0.25) is 10.1 Å². The first kappa shape index (κ1) is 13.8. The number of nitro groups is 1. The molecule has 0 saturated heterocycles. The zero-order chi connectivity index (χ0) is 16.4. The first-order valence-corrected chi connectivity index (χ1v) is 8.20. The van der Waals surface area contributed by atoms with Crippen LogP contribution in [0, 0.1) is 10.1 Å². The van der Waals surface area contributed by atoms with E-state index in [1.54, 1.807) is 6.07 Å². The highest BCUT2D eigenvalue weighted by atomic mass is 35.5. The second-order valence-electron chi connectivity index (χ2n) is 6.28. The van der Waals surface area contributed by atoms with Crippen molar-refractivity contribution in [1.29, 1.82) is 0 Å². The molecular weight excluding hydrogens is 322 g/mol. The van der Waals surface area contributed by atoms with Crippen LogP contribution >= 0.6 is 11.6 Å². The molecule has 3 aromatic rings. The molecule has 0 N–H and O–H groups in total. The maximum Gasteiger partial charge on any atom is 0.292 e. The third-order valence-corrected chi connectivity index (χ3v) is 5.52. The standard InChI is InChI=1S/C20H12ClNO2/c21-16-10-9-15-17-11-5-1-3-7-13(11)18(19(15)20(16)22(23)24)14-8-4-2-6-12(14)17/h1-10,17-18H. The molecule has 6 rings (SSSR count). The molecule has 3 aromatic carbocycles. The molecule has 0 unspecified atom stereocenters. The van der Waals surface area contributed by atoms with E-state index in [-0.39, 0.29) is 27.5 Å². The van der Waals surface area contributed by atoms with Gasteiger partial charge in [0.05, 0.1) is 4.92 Å². The molecule has 0 heterocycles. The van der Waals surface area contributed by atoms with Crippen LogP contribution in [-0.4, -0.2) is 4.92 Å². The average molecular weight is 334 g/mol. The highest BCUT2D eigenvalue weighted by molar-refractivity contribution is 6.32. The van der Waals surface area contributed by atoms with Crippen LogP contribution in [0.3, 0.4) is 0 Å². The Hall–Kier alpha value is -2.65. The molecule has 0 radical (unpaired) electrons. The quantitative estimate of drug-likeness (QED) is 0.311. The average Bonchev–Trinajstić information content (AvgIpc) is 2.60. The monoisotopic (exact) mass is 333 g/mol. The summed E-state index contributed by atoms with van der Waals surface area (Å²) in [7, 11) is 0. The van der Waals surface area contributed by atoms with Crippen molar-refractivity contribution in [3.63, 3.8) is 0 Å². The lowest BCUT2D eigenvalue weighted by atomic mass is 9.61. The molecule has 0 atom stereocenters. The van der Waals surface area contributed by atoms with Crippen molar-refractivity contribution in [2.45, 2.75) is 11.8 Å². The molecule has 0 fully saturated rings. The summed E-state index contributed by atoms with van der Waals surface area (Å²) < 4.78 is 0. The number of nitro benzene ring substituents is 1. The zero-order valence-corrected chi connectivity index (χ0v) is 13.3. The van der Waals surface area contributed by atoms with E-state index in [0.717, 1.165) is 22.3 Å². The lowest BCUT2D eigenvalue weighted by Gasteiger charge is -2.41. The van der Waals surface area contributed by atoms with Gasteiger partial charge in [0.15, 0.2) is 0 Å². The molecular formula is C20H12ClNO2. The summed E-state index contributed by atoms with van der Waals surface area (Å²) in [4.78, 5) is 11.4. The minimum atomic E-state index is -0.340. The van der Waals surface area contributed by atoms with Gasteiger partial charge >= 0.3 is 0 Å². The first-order chi connectivity index (χ1) is 11.7. The van der Waals surface area contributed by atoms with Crippen LogP contribution in [0.5, 0.6) is 0 Å². The van der Waals surface area contributed by atoms with Gasteiger partial charge in [-0.25, -0.2) is 0 Å². The van der Waals surface area contributed by atoms with Crippen molar-refractivity contribution < 1.29 is 4.92 Å². The Morgan fingerprint density at radius 1 is 0.750 bits per heavy atom. The largest absolute Gasteiger partial charge is 0.292 e. The minimum Gasteiger partial charge on any atom is -0.258 e. The van der Waals surface area contributed by atoms with Gasteiger partial charge in [-0.15, -0.1) is 0 Å². The summed E-state index contributed by atoms with van der Waals surface area (Å²) in [6.07, 6.45) is 0. The Morgan fingerprint density at radius 2 is 1.25 bits per heavy atom. The number of rotatable bonds is 1. The van der Waals surface area contributed by atoms with E-state index < -0.39 is 0 Å². The Bertz CT molecular complexity index is 980. The first-order valence-electron chi connectivity index (χ1n) is 7.83. The molecule has 24 heavy (non-hydrogen) atoms. The highest BCUT2D eigenvalue weighted by Crippen LogP contribution is 2.58. The Morgan fingerprint density at radius 3 is 1.75 bits per heavy atom. The number of hydrogen-bond acceptors (Lipinski definition) is 2. The SMILES string of the molecule is O=[N+]([O-])c1c(Cl)ccc2c1C1c3ccccc3C2c2ccccc21. The summed E-state index contributed by atoms with van der Waals surface area (Å²) >= 11 is 6.21. The highest BCUT2D eigenvalue weighted by Gasteiger charge is 2.45. The molecule has 0 aliphatic heterocycles. The molecule has 0 spiro atoms. The maximum atomic E-state index is 11.7. The van der Waals surface area contributed by atoms with E-state index in [4.69, 9.17) is 11.6 Å². The third kappa shape index (κ3) is 1.57. The fourth-order valence-corrected chi connectivity index (χ4v) is 4.63. The maximum absolute atomic E-state index is 11.7. The van der Waals surface area contributed by atoms with E-state index >= 15 is 0 Å². The van der Waals surface area contributed by atoms with Crippen LogP contribution in [0.4, 0.5) is 5.69 Å². The topological polar surface area (TPSA) is 43.1 Å². The van der Waals surface area contributed by atoms with Crippen LogP contribution in [0.2, 0.25) is 5.02 Å². The van der Waals surface area contributed by atoms with E-state index in [2.05, 4.69) is 24.3 Å². The van der Waals surface area contributed by atoms with E-state index in [9.17, 15) is 10.1 Å². The molecule has 0 saturated carbocycles. The smallest absolute Gasteiger partial charge is 0.258 e. The zero-order valence-electron chi connectivity index (χ0n) is 12.6. The van der Waals surface area contributed by atoms with Gasteiger partial charge in [-0.2, -0.15) is 0 Å². The second kappa shape index (κ2) is 4.68. The normalized spacial score (nSPS) is 19.4. The van der Waals surface area contributed by atoms with Crippen LogP contribution in [-0.2, 0) is 0 Å². The summed E-state index contributed by atoms with van der Waals surface area (Å²) in [5.41, 5.74) is 6.60. The predicted octanol–water partition coefficient (Wildman–Crippen LogP) is 5.24. The molecule has 0 amide bonds. The van der Waals surface area contributed by atoms with Crippen LogP contribution in [0.1, 0.15) is 45.2 Å². The van der Waals surface area contributed by atoms with Gasteiger partial charge in [0.2, 0.25) is 0 Å². The van der Waals surface area contributed by atoms with Gasteiger partial charge in [0.25, 0.3) is 5.69 Å². The van der Waals surface area contributed by atoms with E-state index in [1.807, 2.05) is 30.3 Å². The van der Waals surface area contributed by atoms with Crippen molar-refractivity contribution in [3.05, 3.63) is 109 Å². The molecule has 3 aliphatic rings. The fourth-order valence-electron chi connectivity index (χ4n) is 4.39. The Kier molecular flexibility index (Phi) is 2.68. The predicted molar refractivity (Wildman–Crippen MR) is 92.9 cm³/mol. The molecule has 4 heteroatoms. The molecule has 3 aliphatic carbocycles. The van der Waals surface area contributed by atoms with E-state index in [1.165, 1.54) is 11.1 Å². The van der Waals surface area contributed by atoms with Gasteiger partial charge in [0, 0.05) is 17.4 Å². The number of nitrogens with zero attached hydrogens (tertiary/aromatic N) is 1. The van der Waals surface area contributed by atoms with Crippen molar-refractivity contribution in [1.82, 2.24) is 0 Å². The number of benzene rings is 3. The van der Waals surface area contributed by atoms with Gasteiger partial charge in [-0.1, -0.05) is 66.2 Å². The van der Waals surface area contributed by atoms with Crippen molar-refractivity contribution in [3.8, 4) is 0 Å². The molecule has 0 aromatic heterocycles. The molecule has 2 bridgehead atoms. The number of hydrogen-bond donors (Lipinski definition) is 0. The van der Waals surface area contributed by atoms with Gasteiger partial charge in [0.1, 0.15) is 5.02 Å². The summed E-state index contributed by atoms with van der Waals surface area (Å²) in [6.45, 7) is 0. The summed E-state index contributed by atoms with van der Waals surface area (Å²) in [5, 5.41) is 11.9. The van der Waals surface area contributed by atoms with Crippen molar-refractivity contribution >= 4 is 17.3 Å². The van der Waals surface area contributed by atoms with Crippen LogP contribution in [0.25, 0.3) is 0 Å². The summed E-state index contributed by atoms with van der Waals surface area (Å²) in [6, 6.07) is 20.1. The molecule has 116 valence electrons. The summed E-state index contributed by atoms with van der Waals surface area (Å²) in [5.74, 6) is -0.0927. The fraction of sp³-hybridized carbons (Fsp3) is 0.100. The lowest BCUT2D eigenvalue weighted by molar-refractivity contribution is -0.385. The van der Waals surface area contributed by atoms with Crippen molar-refractivity contribution in [2.75, 3.05) is 0 Å². The van der Waals surface area contributed by atoms with E-state index in [0.29, 0.717) is 0 Å². The lowest BCUT2D eigenvalue weighted by Crippen LogP contribution is -2.28. The molecule has 3 nitrogen and oxygen atoms in total. The minimum absolute atomic E-state index is 0.0355.